The zero-order chi connectivity index (χ0) is 27.5. The Bertz CT molecular complexity index is 891. The summed E-state index contributed by atoms with van der Waals surface area (Å²) in [4.78, 5) is 45.4. The molecule has 2 aromatic rings. The van der Waals surface area contributed by atoms with Crippen LogP contribution in [0.2, 0.25) is 0 Å². The Kier molecular flexibility index (Phi) is 11.8. The number of unbranched alkanes of at least 4 members (excludes halogenated alkanes) is 5. The van der Waals surface area contributed by atoms with E-state index in [0.29, 0.717) is 17.5 Å². The van der Waals surface area contributed by atoms with Crippen molar-refractivity contribution in [2.24, 2.45) is 0 Å². The third-order valence-corrected chi connectivity index (χ3v) is 6.02. The summed E-state index contributed by atoms with van der Waals surface area (Å²) in [5, 5.41) is 0. The van der Waals surface area contributed by atoms with Crippen molar-refractivity contribution in [1.29, 1.82) is 0 Å². The van der Waals surface area contributed by atoms with Gasteiger partial charge in [-0.05, 0) is 52.6 Å². The summed E-state index contributed by atoms with van der Waals surface area (Å²) in [5.41, 5.74) is 2.83. The maximum Gasteiger partial charge on any atom is 0.373 e. The van der Waals surface area contributed by atoms with Crippen LogP contribution in [0.4, 0.5) is 0 Å². The molecule has 0 spiro atoms. The fraction of sp³-hybridized carbons (Fsp3) is 0.484. The molecule has 0 amide bonds. The molecule has 0 saturated carbocycles. The Balaban J connectivity index is 1.95. The van der Waals surface area contributed by atoms with E-state index >= 15 is 0 Å². The second-order valence-corrected chi connectivity index (χ2v) is 11.3. The second-order valence-electron chi connectivity index (χ2n) is 11.3. The molecule has 0 aromatic heterocycles. The lowest BCUT2D eigenvalue weighted by Gasteiger charge is -2.19. The lowest BCUT2D eigenvalue weighted by atomic mass is 9.87. The van der Waals surface area contributed by atoms with Crippen LogP contribution in [0.1, 0.15) is 118 Å². The number of hydrogen-bond acceptors (Lipinski definition) is 6. The van der Waals surface area contributed by atoms with Crippen LogP contribution in [-0.2, 0) is 30.4 Å². The van der Waals surface area contributed by atoms with Gasteiger partial charge >= 0.3 is 18.2 Å². The summed E-state index contributed by atoms with van der Waals surface area (Å²) in [7, 11) is 0. The van der Waals surface area contributed by atoms with E-state index in [-0.39, 0.29) is 17.1 Å². The second kappa shape index (κ2) is 14.3. The molecule has 2 aromatic carbocycles. The minimum Gasteiger partial charge on any atom is -0.289 e. The van der Waals surface area contributed by atoms with Gasteiger partial charge in [0.15, 0.2) is 0 Å². The van der Waals surface area contributed by atoms with Crippen LogP contribution in [0.15, 0.2) is 48.5 Å². The number of carbonyl (C=O) groups is 2. The lowest BCUT2D eigenvalue weighted by Crippen LogP contribution is -2.17. The first-order valence-electron chi connectivity index (χ1n) is 13.1. The Hall–Kier alpha value is -2.70. The molecular weight excluding hydrogens is 468 g/mol. The maximum absolute atomic E-state index is 12.5. The van der Waals surface area contributed by atoms with Crippen LogP contribution in [0.3, 0.4) is 0 Å². The molecule has 0 heterocycles. The molecule has 0 bridgehead atoms. The van der Waals surface area contributed by atoms with Crippen molar-refractivity contribution in [2.75, 3.05) is 0 Å². The van der Waals surface area contributed by atoms with Crippen LogP contribution < -0.4 is 0 Å². The Labute approximate surface area is 222 Å². The SMILES string of the molecule is [CH2]CCCCCCC[C](OOC(=O)c1ccc(C(C)(C)C)cc1)OOC(=O)c1ccc(C(C)(C)C)cc1. The Morgan fingerprint density at radius 2 is 0.973 bits per heavy atom. The van der Waals surface area contributed by atoms with Gasteiger partial charge in [0.05, 0.1) is 11.1 Å². The minimum atomic E-state index is -0.666. The predicted octanol–water partition coefficient (Wildman–Crippen LogP) is 8.21. The van der Waals surface area contributed by atoms with Gasteiger partial charge in [0.25, 0.3) is 0 Å². The zero-order valence-corrected chi connectivity index (χ0v) is 23.2. The molecule has 0 aliphatic heterocycles. The van der Waals surface area contributed by atoms with Gasteiger partial charge in [-0.1, -0.05) is 105 Å². The van der Waals surface area contributed by atoms with Crippen molar-refractivity contribution in [3.63, 3.8) is 0 Å². The maximum atomic E-state index is 12.5. The number of hydrogen-bond donors (Lipinski definition) is 0. The summed E-state index contributed by atoms with van der Waals surface area (Å²) >= 11 is 0. The summed E-state index contributed by atoms with van der Waals surface area (Å²) in [5.74, 6) is -1.33. The minimum absolute atomic E-state index is 0.0295. The third kappa shape index (κ3) is 10.7. The van der Waals surface area contributed by atoms with Crippen molar-refractivity contribution >= 4 is 11.9 Å². The summed E-state index contributed by atoms with van der Waals surface area (Å²) in [6.07, 6.45) is 6.03. The van der Waals surface area contributed by atoms with Gasteiger partial charge in [-0.15, -0.1) is 9.78 Å². The Morgan fingerprint density at radius 3 is 1.35 bits per heavy atom. The van der Waals surface area contributed by atoms with E-state index in [1.807, 2.05) is 24.3 Å². The molecule has 0 aliphatic carbocycles. The predicted molar refractivity (Wildman–Crippen MR) is 144 cm³/mol. The number of benzene rings is 2. The van der Waals surface area contributed by atoms with E-state index in [2.05, 4.69) is 48.5 Å². The molecule has 202 valence electrons. The smallest absolute Gasteiger partial charge is 0.289 e. The molecule has 0 fully saturated rings. The molecule has 0 N–H and O–H groups in total. The quantitative estimate of drug-likeness (QED) is 0.154. The van der Waals surface area contributed by atoms with E-state index < -0.39 is 11.9 Å². The van der Waals surface area contributed by atoms with Gasteiger partial charge in [-0.3, -0.25) is 9.78 Å². The average Bonchev–Trinajstić information content (AvgIpc) is 2.86. The first-order valence-corrected chi connectivity index (χ1v) is 13.1. The standard InChI is InChI=1S/C31H42O6/c1-8-9-10-11-12-13-14-27(34-36-28(32)23-15-19-25(20-16-23)30(2,3)4)35-37-29(33)24-17-21-26(22-18-24)31(5,6)7/h15-22H,1,8-14H2,2-7H3. The van der Waals surface area contributed by atoms with E-state index in [0.717, 1.165) is 49.7 Å². The van der Waals surface area contributed by atoms with Crippen molar-refractivity contribution in [1.82, 2.24) is 0 Å². The van der Waals surface area contributed by atoms with E-state index in [1.165, 1.54) is 0 Å². The van der Waals surface area contributed by atoms with Gasteiger partial charge in [-0.25, -0.2) is 9.59 Å². The molecule has 2 rings (SSSR count). The fourth-order valence-corrected chi connectivity index (χ4v) is 3.55. The van der Waals surface area contributed by atoms with Gasteiger partial charge in [-0.2, -0.15) is 0 Å². The van der Waals surface area contributed by atoms with Crippen LogP contribution in [0.25, 0.3) is 0 Å². The zero-order valence-electron chi connectivity index (χ0n) is 23.2. The first kappa shape index (κ1) is 30.5. The number of carbonyl (C=O) groups excluding carboxylic acids is 2. The van der Waals surface area contributed by atoms with Crippen molar-refractivity contribution in [3.8, 4) is 0 Å². The monoisotopic (exact) mass is 510 g/mol. The molecule has 37 heavy (non-hydrogen) atoms. The van der Waals surface area contributed by atoms with Crippen molar-refractivity contribution in [3.05, 3.63) is 84.0 Å². The molecule has 0 saturated heterocycles. The first-order chi connectivity index (χ1) is 17.4. The largest absolute Gasteiger partial charge is 0.373 e. The Morgan fingerprint density at radius 1 is 0.595 bits per heavy atom. The van der Waals surface area contributed by atoms with Gasteiger partial charge in [0.1, 0.15) is 0 Å². The highest BCUT2D eigenvalue weighted by Crippen LogP contribution is 2.24. The third-order valence-electron chi connectivity index (χ3n) is 6.02. The highest BCUT2D eigenvalue weighted by Gasteiger charge is 2.22. The average molecular weight is 511 g/mol. The summed E-state index contributed by atoms with van der Waals surface area (Å²) in [6.45, 7) is 16.4. The molecule has 6 nitrogen and oxygen atoms in total. The van der Waals surface area contributed by atoms with Crippen molar-refractivity contribution in [2.45, 2.75) is 97.3 Å². The van der Waals surface area contributed by atoms with Gasteiger partial charge in [0, 0.05) is 6.42 Å². The van der Waals surface area contributed by atoms with E-state index in [9.17, 15) is 9.59 Å². The topological polar surface area (TPSA) is 71.1 Å². The highest BCUT2D eigenvalue weighted by molar-refractivity contribution is 5.89. The fourth-order valence-electron chi connectivity index (χ4n) is 3.55. The van der Waals surface area contributed by atoms with Gasteiger partial charge in [0.2, 0.25) is 0 Å². The molecular formula is C31H42O6. The molecule has 6 heteroatoms. The van der Waals surface area contributed by atoms with Crippen LogP contribution in [0, 0.1) is 13.2 Å². The van der Waals surface area contributed by atoms with E-state index in [1.54, 1.807) is 24.3 Å². The van der Waals surface area contributed by atoms with E-state index in [4.69, 9.17) is 19.6 Å². The van der Waals surface area contributed by atoms with Crippen LogP contribution >= 0.6 is 0 Å². The number of rotatable bonds is 13. The molecule has 2 radical (unpaired) electrons. The van der Waals surface area contributed by atoms with Gasteiger partial charge < -0.3 is 0 Å². The molecule has 0 unspecified atom stereocenters. The lowest BCUT2D eigenvalue weighted by molar-refractivity contribution is -0.363. The summed E-state index contributed by atoms with van der Waals surface area (Å²) < 4.78 is 0. The van der Waals surface area contributed by atoms with Crippen LogP contribution in [0.5, 0.6) is 0 Å². The van der Waals surface area contributed by atoms with Crippen molar-refractivity contribution < 1.29 is 29.1 Å². The van der Waals surface area contributed by atoms with Crippen LogP contribution in [-0.4, -0.2) is 11.9 Å². The molecule has 0 aliphatic rings. The summed E-state index contributed by atoms with van der Waals surface area (Å²) in [6, 6.07) is 14.3. The normalized spacial score (nSPS) is 12.0. The molecule has 0 atom stereocenters. The highest BCUT2D eigenvalue weighted by atomic mass is 17.3.